The number of aromatic nitrogens is 3. The van der Waals surface area contributed by atoms with Crippen LogP contribution >= 0.6 is 0 Å². The van der Waals surface area contributed by atoms with Crippen molar-refractivity contribution in [3.8, 4) is 0 Å². The van der Waals surface area contributed by atoms with Crippen LogP contribution in [0.5, 0.6) is 0 Å². The van der Waals surface area contributed by atoms with Gasteiger partial charge in [0.15, 0.2) is 0 Å². The second kappa shape index (κ2) is 4.22. The fraction of sp³-hybridized carbons (Fsp3) is 0.308. The van der Waals surface area contributed by atoms with Gasteiger partial charge in [-0.15, -0.1) is 0 Å². The maximum absolute atomic E-state index is 6.25. The smallest absolute Gasteiger partial charge is 0.145 e. The van der Waals surface area contributed by atoms with Gasteiger partial charge in [0.25, 0.3) is 0 Å². The Morgan fingerprint density at radius 1 is 1.12 bits per heavy atom. The lowest BCUT2D eigenvalue weighted by Crippen LogP contribution is -2.21. The monoisotopic (exact) mass is 226 g/mol. The molecule has 0 aromatic carbocycles. The van der Waals surface area contributed by atoms with Gasteiger partial charge in [0.2, 0.25) is 0 Å². The predicted molar refractivity (Wildman–Crippen MR) is 64.3 cm³/mol. The number of rotatable bonds is 2. The van der Waals surface area contributed by atoms with E-state index in [0.29, 0.717) is 5.82 Å². The quantitative estimate of drug-likeness (QED) is 0.844. The van der Waals surface area contributed by atoms with Gasteiger partial charge in [0.1, 0.15) is 5.82 Å². The summed E-state index contributed by atoms with van der Waals surface area (Å²) in [6, 6.07) is 5.75. The van der Waals surface area contributed by atoms with E-state index in [9.17, 15) is 0 Å². The van der Waals surface area contributed by atoms with E-state index in [4.69, 9.17) is 5.73 Å². The second-order valence-electron chi connectivity index (χ2n) is 4.33. The molecule has 0 spiro atoms. The first-order valence-electron chi connectivity index (χ1n) is 5.82. The van der Waals surface area contributed by atoms with Crippen LogP contribution in [0.2, 0.25) is 0 Å². The highest BCUT2D eigenvalue weighted by atomic mass is 14.9. The molecule has 1 aliphatic carbocycles. The summed E-state index contributed by atoms with van der Waals surface area (Å²) >= 11 is 0. The molecule has 0 saturated heterocycles. The molecule has 2 aromatic heterocycles. The van der Waals surface area contributed by atoms with Gasteiger partial charge in [0.05, 0.1) is 6.04 Å². The molecule has 2 heterocycles. The van der Waals surface area contributed by atoms with Gasteiger partial charge < -0.3 is 5.73 Å². The summed E-state index contributed by atoms with van der Waals surface area (Å²) in [5.74, 6) is 0.949. The number of aryl methyl sites for hydroxylation is 1. The highest BCUT2D eigenvalue weighted by molar-refractivity contribution is 5.30. The number of hydrogen-bond acceptors (Lipinski definition) is 4. The van der Waals surface area contributed by atoms with E-state index in [1.807, 2.05) is 12.3 Å². The van der Waals surface area contributed by atoms with Gasteiger partial charge in [-0.05, 0) is 30.5 Å². The molecular weight excluding hydrogens is 212 g/mol. The van der Waals surface area contributed by atoms with Crippen molar-refractivity contribution in [1.29, 1.82) is 0 Å². The number of pyridine rings is 1. The lowest BCUT2D eigenvalue weighted by molar-refractivity contribution is 0.517. The number of nitrogens with zero attached hydrogens (tertiary/aromatic N) is 3. The first-order chi connectivity index (χ1) is 8.36. The van der Waals surface area contributed by atoms with E-state index in [2.05, 4.69) is 21.0 Å². The number of hydrogen-bond donors (Lipinski definition) is 1. The highest BCUT2D eigenvalue weighted by Crippen LogP contribution is 2.37. The number of nitrogens with two attached hydrogens (primary N) is 1. The molecule has 4 heteroatoms. The zero-order valence-corrected chi connectivity index (χ0v) is 9.45. The van der Waals surface area contributed by atoms with Gasteiger partial charge in [0, 0.05) is 30.2 Å². The first kappa shape index (κ1) is 10.4. The lowest BCUT2D eigenvalue weighted by atomic mass is 9.97. The topological polar surface area (TPSA) is 64.7 Å². The van der Waals surface area contributed by atoms with Crippen LogP contribution in [-0.2, 0) is 6.42 Å². The Labute approximate surface area is 99.9 Å². The molecule has 2 unspecified atom stereocenters. The van der Waals surface area contributed by atoms with E-state index in [1.54, 1.807) is 18.5 Å². The number of fused-ring (bicyclic) bond motifs is 1. The third kappa shape index (κ3) is 1.80. The van der Waals surface area contributed by atoms with Crippen LogP contribution in [0, 0.1) is 0 Å². The zero-order valence-electron chi connectivity index (χ0n) is 9.45. The van der Waals surface area contributed by atoms with Gasteiger partial charge in [-0.1, -0.05) is 6.07 Å². The fourth-order valence-corrected chi connectivity index (χ4v) is 2.46. The van der Waals surface area contributed by atoms with Crippen LogP contribution in [0.3, 0.4) is 0 Å². The van der Waals surface area contributed by atoms with E-state index in [1.165, 1.54) is 5.56 Å². The molecule has 0 aliphatic heterocycles. The van der Waals surface area contributed by atoms with Crippen molar-refractivity contribution in [1.82, 2.24) is 15.0 Å². The van der Waals surface area contributed by atoms with Crippen molar-refractivity contribution >= 4 is 0 Å². The van der Waals surface area contributed by atoms with Crippen LogP contribution < -0.4 is 5.73 Å². The zero-order chi connectivity index (χ0) is 11.7. The summed E-state index contributed by atoms with van der Waals surface area (Å²) < 4.78 is 0. The Bertz CT molecular complexity index is 512. The summed E-state index contributed by atoms with van der Waals surface area (Å²) in [4.78, 5) is 12.9. The van der Waals surface area contributed by atoms with Crippen LogP contribution in [0.15, 0.2) is 36.8 Å². The van der Waals surface area contributed by atoms with Gasteiger partial charge in [-0.3, -0.25) is 4.98 Å². The van der Waals surface area contributed by atoms with Crippen molar-refractivity contribution in [3.05, 3.63) is 53.9 Å². The standard InChI is InChI=1S/C13H14N4/c14-11(13-16-7-2-8-17-13)10-5-4-9-3-1-6-15-12(9)10/h1-3,6-8,10-11H,4-5,14H2. The third-order valence-electron chi connectivity index (χ3n) is 3.32. The SMILES string of the molecule is NC(c1ncccn1)C1CCc2cccnc21. The minimum atomic E-state index is -0.160. The summed E-state index contributed by atoms with van der Waals surface area (Å²) in [7, 11) is 0. The minimum Gasteiger partial charge on any atom is -0.321 e. The Balaban J connectivity index is 1.92. The van der Waals surface area contributed by atoms with Crippen LogP contribution in [0.1, 0.15) is 35.5 Å². The minimum absolute atomic E-state index is 0.160. The Morgan fingerprint density at radius 2 is 1.88 bits per heavy atom. The van der Waals surface area contributed by atoms with Crippen molar-refractivity contribution in [3.63, 3.8) is 0 Å². The Hall–Kier alpha value is -1.81. The lowest BCUT2D eigenvalue weighted by Gasteiger charge is -2.17. The molecule has 3 rings (SSSR count). The maximum atomic E-state index is 6.25. The Kier molecular flexibility index (Phi) is 2.57. The Morgan fingerprint density at radius 3 is 2.71 bits per heavy atom. The molecule has 2 aromatic rings. The molecule has 0 bridgehead atoms. The maximum Gasteiger partial charge on any atom is 0.145 e. The summed E-state index contributed by atoms with van der Waals surface area (Å²) in [6.07, 6.45) is 7.38. The molecule has 4 nitrogen and oxygen atoms in total. The van der Waals surface area contributed by atoms with Crippen molar-refractivity contribution < 1.29 is 0 Å². The molecule has 2 N–H and O–H groups in total. The summed E-state index contributed by atoms with van der Waals surface area (Å²) in [6.45, 7) is 0. The van der Waals surface area contributed by atoms with Crippen molar-refractivity contribution in [2.45, 2.75) is 24.8 Å². The molecule has 0 amide bonds. The van der Waals surface area contributed by atoms with Crippen molar-refractivity contribution in [2.75, 3.05) is 0 Å². The molecule has 0 saturated carbocycles. The van der Waals surface area contributed by atoms with Crippen LogP contribution in [-0.4, -0.2) is 15.0 Å². The predicted octanol–water partition coefficient (Wildman–Crippen LogP) is 1.60. The molecule has 0 fully saturated rings. The van der Waals surface area contributed by atoms with Crippen LogP contribution in [0.4, 0.5) is 0 Å². The van der Waals surface area contributed by atoms with Gasteiger partial charge in [-0.25, -0.2) is 9.97 Å². The first-order valence-corrected chi connectivity index (χ1v) is 5.82. The average Bonchev–Trinajstić information content (AvgIpc) is 2.83. The van der Waals surface area contributed by atoms with E-state index in [-0.39, 0.29) is 12.0 Å². The fourth-order valence-electron chi connectivity index (χ4n) is 2.46. The summed E-state index contributed by atoms with van der Waals surface area (Å²) in [5, 5.41) is 0. The second-order valence-corrected chi connectivity index (χ2v) is 4.33. The molecule has 86 valence electrons. The third-order valence-corrected chi connectivity index (χ3v) is 3.32. The normalized spacial score (nSPS) is 19.9. The molecule has 1 aliphatic rings. The van der Waals surface area contributed by atoms with Crippen molar-refractivity contribution in [2.24, 2.45) is 5.73 Å². The average molecular weight is 226 g/mol. The van der Waals surface area contributed by atoms with E-state index in [0.717, 1.165) is 18.5 Å². The molecule has 17 heavy (non-hydrogen) atoms. The largest absolute Gasteiger partial charge is 0.321 e. The highest BCUT2D eigenvalue weighted by Gasteiger charge is 2.30. The molecule has 2 atom stereocenters. The molecule has 0 radical (unpaired) electrons. The van der Waals surface area contributed by atoms with E-state index >= 15 is 0 Å². The van der Waals surface area contributed by atoms with Gasteiger partial charge >= 0.3 is 0 Å². The van der Waals surface area contributed by atoms with Gasteiger partial charge in [-0.2, -0.15) is 0 Å². The van der Waals surface area contributed by atoms with Crippen LogP contribution in [0.25, 0.3) is 0 Å². The molecular formula is C13H14N4. The summed E-state index contributed by atoms with van der Waals surface area (Å²) in [5.41, 5.74) is 8.68. The van der Waals surface area contributed by atoms with E-state index < -0.39 is 0 Å².